The molecule has 0 amide bonds. The second-order valence-electron chi connectivity index (χ2n) is 4.15. The van der Waals surface area contributed by atoms with Crippen molar-refractivity contribution in [3.05, 3.63) is 56.1 Å². The summed E-state index contributed by atoms with van der Waals surface area (Å²) in [5.74, 6) is 1.34. The standard InChI is InChI=1S/C15H13Cl2IO2/c1-19-13-6-4-10(8-14(13)20-2)15(17)9-3-5-12(18)11(16)7-9/h3-8,15H,1-2H3. The Morgan fingerprint density at radius 2 is 1.55 bits per heavy atom. The molecule has 0 fully saturated rings. The molecule has 20 heavy (non-hydrogen) atoms. The first-order valence-corrected chi connectivity index (χ1v) is 7.77. The van der Waals surface area contributed by atoms with Gasteiger partial charge in [-0.05, 0) is 58.0 Å². The minimum Gasteiger partial charge on any atom is -0.493 e. The minimum atomic E-state index is -0.288. The first-order chi connectivity index (χ1) is 9.56. The van der Waals surface area contributed by atoms with E-state index in [1.54, 1.807) is 14.2 Å². The molecule has 1 atom stereocenters. The molecule has 0 saturated heterocycles. The average Bonchev–Trinajstić information content (AvgIpc) is 2.48. The summed E-state index contributed by atoms with van der Waals surface area (Å²) in [6, 6.07) is 11.5. The lowest BCUT2D eigenvalue weighted by Gasteiger charge is -2.14. The predicted molar refractivity (Wildman–Crippen MR) is 91.4 cm³/mol. The van der Waals surface area contributed by atoms with Crippen molar-refractivity contribution in [3.63, 3.8) is 0 Å². The van der Waals surface area contributed by atoms with Crippen LogP contribution in [0.4, 0.5) is 0 Å². The molecule has 0 aromatic heterocycles. The molecule has 5 heteroatoms. The Bertz CT molecular complexity index is 617. The zero-order chi connectivity index (χ0) is 14.7. The fraction of sp³-hybridized carbons (Fsp3) is 0.200. The first-order valence-electron chi connectivity index (χ1n) is 5.87. The summed E-state index contributed by atoms with van der Waals surface area (Å²) < 4.78 is 11.5. The molecule has 0 saturated carbocycles. The van der Waals surface area contributed by atoms with Crippen LogP contribution in [0.3, 0.4) is 0 Å². The Labute approximate surface area is 142 Å². The van der Waals surface area contributed by atoms with Gasteiger partial charge < -0.3 is 9.47 Å². The van der Waals surface area contributed by atoms with Gasteiger partial charge in [0.05, 0.1) is 24.6 Å². The fourth-order valence-electron chi connectivity index (χ4n) is 1.87. The van der Waals surface area contributed by atoms with E-state index < -0.39 is 0 Å². The third kappa shape index (κ3) is 3.32. The maximum atomic E-state index is 6.52. The van der Waals surface area contributed by atoms with E-state index in [1.807, 2.05) is 36.4 Å². The monoisotopic (exact) mass is 422 g/mol. The van der Waals surface area contributed by atoms with Crippen molar-refractivity contribution in [1.82, 2.24) is 0 Å². The average molecular weight is 423 g/mol. The van der Waals surface area contributed by atoms with Gasteiger partial charge in [0, 0.05) is 3.57 Å². The molecule has 2 nitrogen and oxygen atoms in total. The van der Waals surface area contributed by atoms with Crippen LogP contribution in [0.1, 0.15) is 16.5 Å². The summed E-state index contributed by atoms with van der Waals surface area (Å²) in [6.07, 6.45) is 0. The smallest absolute Gasteiger partial charge is 0.161 e. The highest BCUT2D eigenvalue weighted by Crippen LogP contribution is 2.36. The van der Waals surface area contributed by atoms with E-state index in [9.17, 15) is 0 Å². The van der Waals surface area contributed by atoms with Crippen LogP contribution in [0.5, 0.6) is 11.5 Å². The van der Waals surface area contributed by atoms with Crippen LogP contribution in [-0.4, -0.2) is 14.2 Å². The van der Waals surface area contributed by atoms with Crippen molar-refractivity contribution >= 4 is 45.8 Å². The number of hydrogen-bond donors (Lipinski definition) is 0. The molecule has 106 valence electrons. The van der Waals surface area contributed by atoms with Gasteiger partial charge in [-0.15, -0.1) is 11.6 Å². The fourth-order valence-corrected chi connectivity index (χ4v) is 2.67. The van der Waals surface area contributed by atoms with E-state index in [2.05, 4.69) is 22.6 Å². The van der Waals surface area contributed by atoms with Crippen molar-refractivity contribution in [3.8, 4) is 11.5 Å². The number of ether oxygens (including phenoxy) is 2. The Morgan fingerprint density at radius 1 is 0.950 bits per heavy atom. The maximum absolute atomic E-state index is 6.52. The van der Waals surface area contributed by atoms with Crippen molar-refractivity contribution in [2.24, 2.45) is 0 Å². The Kier molecular flexibility index (Phi) is 5.41. The quantitative estimate of drug-likeness (QED) is 0.492. The van der Waals surface area contributed by atoms with Gasteiger partial charge in [0.25, 0.3) is 0 Å². The third-order valence-electron chi connectivity index (χ3n) is 2.94. The van der Waals surface area contributed by atoms with E-state index in [0.29, 0.717) is 16.5 Å². The van der Waals surface area contributed by atoms with Gasteiger partial charge in [-0.25, -0.2) is 0 Å². The molecule has 1 unspecified atom stereocenters. The lowest BCUT2D eigenvalue weighted by molar-refractivity contribution is 0.354. The van der Waals surface area contributed by atoms with Gasteiger partial charge >= 0.3 is 0 Å². The van der Waals surface area contributed by atoms with Gasteiger partial charge in [0.15, 0.2) is 11.5 Å². The van der Waals surface area contributed by atoms with E-state index in [4.69, 9.17) is 32.7 Å². The number of rotatable bonds is 4. The van der Waals surface area contributed by atoms with Crippen molar-refractivity contribution in [2.75, 3.05) is 14.2 Å². The van der Waals surface area contributed by atoms with Crippen molar-refractivity contribution in [1.29, 1.82) is 0 Å². The predicted octanol–water partition coefficient (Wildman–Crippen LogP) is 5.29. The van der Waals surface area contributed by atoms with Crippen LogP contribution in [0.25, 0.3) is 0 Å². The number of benzene rings is 2. The summed E-state index contributed by atoms with van der Waals surface area (Å²) in [7, 11) is 3.21. The van der Waals surface area contributed by atoms with Crippen LogP contribution < -0.4 is 9.47 Å². The minimum absolute atomic E-state index is 0.288. The highest BCUT2D eigenvalue weighted by atomic mass is 127. The normalized spacial score (nSPS) is 12.1. The van der Waals surface area contributed by atoms with Crippen molar-refractivity contribution in [2.45, 2.75) is 5.38 Å². The van der Waals surface area contributed by atoms with Crippen molar-refractivity contribution < 1.29 is 9.47 Å². The molecule has 0 aliphatic rings. The second-order valence-corrected chi connectivity index (χ2v) is 6.16. The van der Waals surface area contributed by atoms with Gasteiger partial charge in [-0.1, -0.05) is 23.7 Å². The molecule has 0 radical (unpaired) electrons. The lowest BCUT2D eigenvalue weighted by atomic mass is 10.0. The molecule has 0 aliphatic heterocycles. The van der Waals surface area contributed by atoms with Gasteiger partial charge in [0.2, 0.25) is 0 Å². The second kappa shape index (κ2) is 6.87. The first kappa shape index (κ1) is 15.7. The zero-order valence-electron chi connectivity index (χ0n) is 11.0. The van der Waals surface area contributed by atoms with Crippen LogP contribution in [-0.2, 0) is 0 Å². The van der Waals surface area contributed by atoms with Crippen LogP contribution in [0.2, 0.25) is 5.02 Å². The molecule has 0 N–H and O–H groups in total. The van der Waals surface area contributed by atoms with Crippen LogP contribution in [0.15, 0.2) is 36.4 Å². The number of methoxy groups -OCH3 is 2. The number of hydrogen-bond acceptors (Lipinski definition) is 2. The molecule has 0 aliphatic carbocycles. The summed E-state index contributed by atoms with van der Waals surface area (Å²) >= 11 is 14.9. The zero-order valence-corrected chi connectivity index (χ0v) is 14.7. The van der Waals surface area contributed by atoms with E-state index in [-0.39, 0.29) is 5.38 Å². The van der Waals surface area contributed by atoms with Gasteiger partial charge in [-0.2, -0.15) is 0 Å². The van der Waals surface area contributed by atoms with E-state index >= 15 is 0 Å². The molecule has 0 heterocycles. The Balaban J connectivity index is 2.37. The molecule has 0 bridgehead atoms. The molecule has 2 rings (SSSR count). The summed E-state index contributed by atoms with van der Waals surface area (Å²) in [4.78, 5) is 0. The molecule has 2 aromatic carbocycles. The lowest BCUT2D eigenvalue weighted by Crippen LogP contribution is -1.97. The number of alkyl halides is 1. The molecule has 2 aromatic rings. The van der Waals surface area contributed by atoms with Crippen LogP contribution in [0, 0.1) is 3.57 Å². The van der Waals surface area contributed by atoms with Gasteiger partial charge in [-0.3, -0.25) is 0 Å². The largest absolute Gasteiger partial charge is 0.493 e. The van der Waals surface area contributed by atoms with Crippen LogP contribution >= 0.6 is 45.8 Å². The summed E-state index contributed by atoms with van der Waals surface area (Å²) in [5, 5.41) is 0.415. The summed E-state index contributed by atoms with van der Waals surface area (Å²) in [6.45, 7) is 0. The van der Waals surface area contributed by atoms with E-state index in [1.165, 1.54) is 0 Å². The highest BCUT2D eigenvalue weighted by molar-refractivity contribution is 14.1. The van der Waals surface area contributed by atoms with E-state index in [0.717, 1.165) is 14.7 Å². The maximum Gasteiger partial charge on any atom is 0.161 e. The molecule has 0 spiro atoms. The molecular formula is C15H13Cl2IO2. The molecular weight excluding hydrogens is 410 g/mol. The summed E-state index contributed by atoms with van der Waals surface area (Å²) in [5.41, 5.74) is 1.88. The number of halogens is 3. The highest BCUT2D eigenvalue weighted by Gasteiger charge is 2.15. The topological polar surface area (TPSA) is 18.5 Å². The third-order valence-corrected chi connectivity index (χ3v) is 5.01. The van der Waals surface area contributed by atoms with Gasteiger partial charge in [0.1, 0.15) is 0 Å². The Hall–Kier alpha value is -0.650. The Morgan fingerprint density at radius 3 is 2.15 bits per heavy atom. The SMILES string of the molecule is COc1ccc(C(Cl)c2ccc(I)c(Cl)c2)cc1OC.